The van der Waals surface area contributed by atoms with Gasteiger partial charge in [0.2, 0.25) is 5.91 Å². The van der Waals surface area contributed by atoms with Gasteiger partial charge in [-0.3, -0.25) is 9.20 Å². The Bertz CT molecular complexity index is 1420. The minimum absolute atomic E-state index is 0.307. The number of fused-ring (bicyclic) bond motifs is 1. The van der Waals surface area contributed by atoms with Crippen molar-refractivity contribution in [1.29, 1.82) is 0 Å². The Kier molecular flexibility index (Phi) is 6.45. The van der Waals surface area contributed by atoms with Crippen molar-refractivity contribution in [3.8, 4) is 22.5 Å². The van der Waals surface area contributed by atoms with E-state index in [1.165, 1.54) is 12.1 Å². The molecule has 1 atom stereocenters. The minimum Gasteiger partial charge on any atom is -0.393 e. The van der Waals surface area contributed by atoms with Gasteiger partial charge in [-0.15, -0.1) is 0 Å². The van der Waals surface area contributed by atoms with Crippen LogP contribution < -0.4 is 11.1 Å². The Morgan fingerprint density at radius 1 is 1.25 bits per heavy atom. The lowest BCUT2D eigenvalue weighted by Gasteiger charge is -2.16. The molecule has 8 heteroatoms. The number of nitrogens with zero attached hydrogens (tertiary/aromatic N) is 3. The first kappa shape index (κ1) is 23.9. The van der Waals surface area contributed by atoms with Crippen molar-refractivity contribution >= 4 is 17.4 Å². The molecule has 0 saturated heterocycles. The normalized spacial score (nSPS) is 14.2. The third-order valence-electron chi connectivity index (χ3n) is 6.77. The number of benzene rings is 2. The van der Waals surface area contributed by atoms with Crippen molar-refractivity contribution in [3.05, 3.63) is 71.3 Å². The molecule has 0 bridgehead atoms. The van der Waals surface area contributed by atoms with Gasteiger partial charge in [0, 0.05) is 29.4 Å². The van der Waals surface area contributed by atoms with E-state index in [4.69, 9.17) is 15.7 Å². The van der Waals surface area contributed by atoms with Gasteiger partial charge in [-0.2, -0.15) is 0 Å². The summed E-state index contributed by atoms with van der Waals surface area (Å²) in [5, 5.41) is 13.0. The van der Waals surface area contributed by atoms with E-state index in [0.29, 0.717) is 41.6 Å². The fourth-order valence-electron chi connectivity index (χ4n) is 4.79. The molecule has 1 unspecified atom stereocenters. The second-order valence-corrected chi connectivity index (χ2v) is 9.57. The summed E-state index contributed by atoms with van der Waals surface area (Å²) in [5.74, 6) is 0.276. The molecule has 4 aromatic rings. The molecule has 0 spiro atoms. The molecule has 1 saturated carbocycles. The fraction of sp³-hybridized carbons (Fsp3) is 0.321. The molecule has 186 valence electrons. The van der Waals surface area contributed by atoms with E-state index in [2.05, 4.69) is 5.32 Å². The number of nitrogens with two attached hydrogens (primary N) is 1. The predicted molar refractivity (Wildman–Crippen MR) is 138 cm³/mol. The molecule has 0 aliphatic heterocycles. The van der Waals surface area contributed by atoms with E-state index < -0.39 is 5.91 Å². The monoisotopic (exact) mass is 487 g/mol. The first-order valence-electron chi connectivity index (χ1n) is 12.3. The molecule has 1 aliphatic carbocycles. The first-order chi connectivity index (χ1) is 17.3. The molecule has 5 rings (SSSR count). The topological polar surface area (TPSA) is 106 Å². The number of aromatic nitrogens is 3. The molecule has 1 fully saturated rings. The highest BCUT2D eigenvalue weighted by atomic mass is 19.1. The summed E-state index contributed by atoms with van der Waals surface area (Å²) in [6.45, 7) is 4.36. The number of halogens is 1. The number of aliphatic hydroxyl groups excluding tert-OH is 1. The summed E-state index contributed by atoms with van der Waals surface area (Å²) >= 11 is 0. The smallest absolute Gasteiger partial charge is 0.248 e. The van der Waals surface area contributed by atoms with Crippen LogP contribution in [0.2, 0.25) is 0 Å². The third kappa shape index (κ3) is 4.68. The quantitative estimate of drug-likeness (QED) is 0.286. The molecule has 7 nitrogen and oxygen atoms in total. The van der Waals surface area contributed by atoms with Crippen LogP contribution in [0.4, 0.5) is 10.2 Å². The first-order valence-corrected chi connectivity index (χ1v) is 12.3. The zero-order valence-electron chi connectivity index (χ0n) is 20.5. The summed E-state index contributed by atoms with van der Waals surface area (Å²) in [5.41, 5.74) is 12.3. The van der Waals surface area contributed by atoms with Gasteiger partial charge < -0.3 is 16.2 Å². The highest BCUT2D eigenvalue weighted by Gasteiger charge is 2.30. The molecule has 2 aromatic heterocycles. The van der Waals surface area contributed by atoms with Gasteiger partial charge in [0.15, 0.2) is 11.5 Å². The molecule has 1 aliphatic rings. The number of nitrogens with one attached hydrogen (secondary N) is 1. The lowest BCUT2D eigenvalue weighted by molar-refractivity contribution is 0.0999. The van der Waals surface area contributed by atoms with Crippen LogP contribution >= 0.6 is 0 Å². The van der Waals surface area contributed by atoms with Crippen molar-refractivity contribution in [2.75, 3.05) is 11.9 Å². The number of imidazole rings is 1. The van der Waals surface area contributed by atoms with Crippen LogP contribution in [0, 0.1) is 12.7 Å². The largest absolute Gasteiger partial charge is 0.393 e. The van der Waals surface area contributed by atoms with Crippen LogP contribution in [-0.2, 0) is 0 Å². The third-order valence-corrected chi connectivity index (χ3v) is 6.77. The highest BCUT2D eigenvalue weighted by molar-refractivity contribution is 5.96. The maximum absolute atomic E-state index is 13.6. The molecule has 36 heavy (non-hydrogen) atoms. The van der Waals surface area contributed by atoms with E-state index >= 15 is 0 Å². The number of hydrogen-bond acceptors (Lipinski definition) is 5. The van der Waals surface area contributed by atoms with Crippen LogP contribution in [0.3, 0.4) is 0 Å². The van der Waals surface area contributed by atoms with Crippen LogP contribution in [0.5, 0.6) is 0 Å². The number of primary amides is 1. The summed E-state index contributed by atoms with van der Waals surface area (Å²) in [4.78, 5) is 21.5. The highest BCUT2D eigenvalue weighted by Crippen LogP contribution is 2.47. The van der Waals surface area contributed by atoms with Crippen molar-refractivity contribution in [2.45, 2.75) is 51.6 Å². The SMILES string of the molecule is Cc1c(C(N)=O)ccc(-c2cnc3c(NCCCC(C)O)nc(-c4ccc(F)cc4)cn23)c1C1CC1. The molecule has 1 amide bonds. The van der Waals surface area contributed by atoms with Crippen molar-refractivity contribution in [1.82, 2.24) is 14.4 Å². The van der Waals surface area contributed by atoms with Crippen LogP contribution in [0.15, 0.2) is 48.8 Å². The van der Waals surface area contributed by atoms with Gasteiger partial charge in [0.25, 0.3) is 0 Å². The van der Waals surface area contributed by atoms with Crippen molar-refractivity contribution in [3.63, 3.8) is 0 Å². The average molecular weight is 488 g/mol. The lowest BCUT2D eigenvalue weighted by atomic mass is 9.92. The summed E-state index contributed by atoms with van der Waals surface area (Å²) in [7, 11) is 0. The van der Waals surface area contributed by atoms with Gasteiger partial charge in [-0.1, -0.05) is 6.07 Å². The Hall–Kier alpha value is -3.78. The van der Waals surface area contributed by atoms with Crippen LogP contribution in [0.25, 0.3) is 28.2 Å². The molecular weight excluding hydrogens is 457 g/mol. The van der Waals surface area contributed by atoms with Crippen molar-refractivity contribution < 1.29 is 14.3 Å². The van der Waals surface area contributed by atoms with E-state index in [1.54, 1.807) is 25.1 Å². The number of rotatable bonds is 9. The standard InChI is InChI=1S/C28H30FN5O2/c1-16(35)4-3-13-31-27-28-32-14-24(34(28)15-23(33-27)18-7-9-20(29)10-8-18)22-12-11-21(26(30)36)17(2)25(22)19-5-6-19/h7-12,14-16,19,35H,3-6,13H2,1-2H3,(H2,30,36)(H,31,33). The van der Waals surface area contributed by atoms with Gasteiger partial charge in [0.1, 0.15) is 5.82 Å². The number of anilines is 1. The lowest BCUT2D eigenvalue weighted by Crippen LogP contribution is -2.14. The number of carbonyl (C=O) groups is 1. The number of carbonyl (C=O) groups excluding carboxylic acids is 1. The van der Waals surface area contributed by atoms with E-state index in [-0.39, 0.29) is 11.9 Å². The summed E-state index contributed by atoms with van der Waals surface area (Å²) in [6.07, 6.45) is 6.99. The second-order valence-electron chi connectivity index (χ2n) is 9.57. The van der Waals surface area contributed by atoms with Gasteiger partial charge >= 0.3 is 0 Å². The number of hydrogen-bond donors (Lipinski definition) is 3. The van der Waals surface area contributed by atoms with E-state index in [1.807, 2.05) is 29.8 Å². The summed E-state index contributed by atoms with van der Waals surface area (Å²) < 4.78 is 15.6. The predicted octanol–water partition coefficient (Wildman–Crippen LogP) is 5.06. The molecule has 2 aromatic carbocycles. The van der Waals surface area contributed by atoms with E-state index in [9.17, 15) is 14.3 Å². The Balaban J connectivity index is 1.65. The zero-order valence-corrected chi connectivity index (χ0v) is 20.5. The van der Waals surface area contributed by atoms with Crippen LogP contribution in [0.1, 0.15) is 60.0 Å². The molecule has 0 radical (unpaired) electrons. The Morgan fingerprint density at radius 2 is 2.00 bits per heavy atom. The molecule has 2 heterocycles. The van der Waals surface area contributed by atoms with Gasteiger partial charge in [-0.05, 0) is 86.9 Å². The van der Waals surface area contributed by atoms with Gasteiger partial charge in [-0.25, -0.2) is 14.4 Å². The number of amides is 1. The second kappa shape index (κ2) is 9.70. The Labute approximate surface area is 209 Å². The summed E-state index contributed by atoms with van der Waals surface area (Å²) in [6, 6.07) is 10.00. The fourth-order valence-corrected chi connectivity index (χ4v) is 4.79. The Morgan fingerprint density at radius 3 is 2.67 bits per heavy atom. The zero-order chi connectivity index (χ0) is 25.4. The number of aliphatic hydroxyl groups is 1. The average Bonchev–Trinajstić information content (AvgIpc) is 3.59. The maximum atomic E-state index is 13.6. The van der Waals surface area contributed by atoms with Crippen LogP contribution in [-0.4, -0.2) is 38.0 Å². The van der Waals surface area contributed by atoms with Crippen molar-refractivity contribution in [2.24, 2.45) is 5.73 Å². The molecule has 4 N–H and O–H groups in total. The minimum atomic E-state index is -0.425. The van der Waals surface area contributed by atoms with Gasteiger partial charge in [0.05, 0.1) is 23.7 Å². The molecular formula is C28H30FN5O2. The van der Waals surface area contributed by atoms with E-state index in [0.717, 1.165) is 47.2 Å². The maximum Gasteiger partial charge on any atom is 0.248 e.